The number of aromatic carboxylic acids is 1. The van der Waals surface area contributed by atoms with E-state index in [4.69, 9.17) is 5.73 Å². The number of nitro benzene ring substituents is 1. The van der Waals surface area contributed by atoms with Gasteiger partial charge in [-0.25, -0.2) is 4.79 Å². The van der Waals surface area contributed by atoms with Crippen LogP contribution in [0.4, 0.5) is 17.1 Å². The monoisotopic (exact) mass is 340 g/mol. The first-order chi connectivity index (χ1) is 12.0. The number of H-pyrrole nitrogens is 1. The number of para-hydroxylation sites is 1. The van der Waals surface area contributed by atoms with Crippen molar-refractivity contribution in [3.05, 3.63) is 63.8 Å². The largest absolute Gasteiger partial charge is 0.478 e. The fourth-order valence-corrected chi connectivity index (χ4v) is 2.82. The van der Waals surface area contributed by atoms with Gasteiger partial charge in [0.2, 0.25) is 0 Å². The SMILES string of the molecule is Nc1c([N+](=O)[O-])ccc(NCCc2c[nH]c3ccccc23)c1C(=O)O. The Morgan fingerprint density at radius 2 is 2.04 bits per heavy atom. The molecule has 0 unspecified atom stereocenters. The second-order valence-corrected chi connectivity index (χ2v) is 5.52. The van der Waals surface area contributed by atoms with Gasteiger partial charge in [-0.2, -0.15) is 0 Å². The van der Waals surface area contributed by atoms with Crippen molar-refractivity contribution in [1.29, 1.82) is 0 Å². The fourth-order valence-electron chi connectivity index (χ4n) is 2.82. The number of carbonyl (C=O) groups is 1. The average molecular weight is 340 g/mol. The van der Waals surface area contributed by atoms with Gasteiger partial charge in [0.1, 0.15) is 11.3 Å². The van der Waals surface area contributed by atoms with Crippen LogP contribution in [0, 0.1) is 10.1 Å². The molecular formula is C17H16N4O4. The summed E-state index contributed by atoms with van der Waals surface area (Å²) in [5, 5.41) is 24.4. The summed E-state index contributed by atoms with van der Waals surface area (Å²) in [6.07, 6.45) is 2.56. The van der Waals surface area contributed by atoms with Crippen molar-refractivity contribution in [2.24, 2.45) is 0 Å². The van der Waals surface area contributed by atoms with E-state index in [-0.39, 0.29) is 16.9 Å². The molecule has 0 saturated heterocycles. The standard InChI is InChI=1S/C17H16N4O4/c18-16-14(21(24)25)6-5-13(15(16)17(22)23)19-8-7-10-9-20-12-4-2-1-3-11(10)12/h1-6,9,19-20H,7-8,18H2,(H,22,23). The molecule has 8 heteroatoms. The number of rotatable bonds is 6. The first-order valence-electron chi connectivity index (χ1n) is 7.58. The highest BCUT2D eigenvalue weighted by atomic mass is 16.6. The lowest BCUT2D eigenvalue weighted by molar-refractivity contribution is -0.383. The maximum absolute atomic E-state index is 11.4. The van der Waals surface area contributed by atoms with E-state index >= 15 is 0 Å². The third-order valence-corrected chi connectivity index (χ3v) is 4.02. The summed E-state index contributed by atoms with van der Waals surface area (Å²) in [7, 11) is 0. The van der Waals surface area contributed by atoms with Crippen LogP contribution in [-0.4, -0.2) is 27.5 Å². The molecular weight excluding hydrogens is 324 g/mol. The number of carboxylic acid groups (broad SMARTS) is 1. The van der Waals surface area contributed by atoms with Crippen LogP contribution in [0.3, 0.4) is 0 Å². The molecule has 5 N–H and O–H groups in total. The van der Waals surface area contributed by atoms with Gasteiger partial charge in [0, 0.05) is 29.7 Å². The molecule has 128 valence electrons. The number of aromatic nitrogens is 1. The van der Waals surface area contributed by atoms with Gasteiger partial charge in [0.25, 0.3) is 5.69 Å². The normalized spacial score (nSPS) is 10.7. The number of hydrogen-bond acceptors (Lipinski definition) is 5. The quantitative estimate of drug-likeness (QED) is 0.309. The van der Waals surface area contributed by atoms with Crippen LogP contribution in [0.15, 0.2) is 42.6 Å². The molecule has 8 nitrogen and oxygen atoms in total. The number of nitrogen functional groups attached to an aromatic ring is 1. The molecule has 0 aliphatic heterocycles. The predicted molar refractivity (Wildman–Crippen MR) is 95.0 cm³/mol. The highest BCUT2D eigenvalue weighted by Gasteiger charge is 2.22. The number of nitrogens with zero attached hydrogens (tertiary/aromatic N) is 1. The number of carboxylic acids is 1. The number of nitrogens with two attached hydrogens (primary N) is 1. The van der Waals surface area contributed by atoms with Crippen molar-refractivity contribution in [1.82, 2.24) is 4.98 Å². The number of benzene rings is 2. The summed E-state index contributed by atoms with van der Waals surface area (Å²) in [6, 6.07) is 10.5. The Bertz CT molecular complexity index is 964. The predicted octanol–water partition coefficient (Wildman–Crippen LogP) is 3.01. The number of nitrogens with one attached hydrogen (secondary N) is 2. The number of aromatic amines is 1. The minimum absolute atomic E-state index is 0.260. The molecule has 0 atom stereocenters. The van der Waals surface area contributed by atoms with E-state index in [1.807, 2.05) is 30.5 Å². The van der Waals surface area contributed by atoms with E-state index in [9.17, 15) is 20.0 Å². The van der Waals surface area contributed by atoms with Crippen molar-refractivity contribution >= 4 is 33.9 Å². The molecule has 0 saturated carbocycles. The first kappa shape index (κ1) is 16.3. The van der Waals surface area contributed by atoms with E-state index < -0.39 is 16.6 Å². The summed E-state index contributed by atoms with van der Waals surface area (Å²) in [5.41, 5.74) is 6.99. The Morgan fingerprint density at radius 3 is 2.76 bits per heavy atom. The molecule has 1 heterocycles. The van der Waals surface area contributed by atoms with Gasteiger partial charge < -0.3 is 21.1 Å². The summed E-state index contributed by atoms with van der Waals surface area (Å²) in [5.74, 6) is -1.31. The zero-order chi connectivity index (χ0) is 18.0. The van der Waals surface area contributed by atoms with Gasteiger partial charge in [-0.3, -0.25) is 10.1 Å². The third-order valence-electron chi connectivity index (χ3n) is 4.02. The van der Waals surface area contributed by atoms with E-state index in [0.717, 1.165) is 16.5 Å². The van der Waals surface area contributed by atoms with E-state index in [1.165, 1.54) is 12.1 Å². The maximum Gasteiger partial charge on any atom is 0.340 e. The third kappa shape index (κ3) is 3.09. The molecule has 0 fully saturated rings. The van der Waals surface area contributed by atoms with Crippen LogP contribution in [0.1, 0.15) is 15.9 Å². The molecule has 0 spiro atoms. The molecule has 0 aliphatic carbocycles. The molecule has 25 heavy (non-hydrogen) atoms. The van der Waals surface area contributed by atoms with E-state index in [0.29, 0.717) is 13.0 Å². The Kier molecular flexibility index (Phi) is 4.25. The van der Waals surface area contributed by atoms with Crippen molar-refractivity contribution in [2.75, 3.05) is 17.6 Å². The van der Waals surface area contributed by atoms with Crippen LogP contribution in [0.2, 0.25) is 0 Å². The molecule has 0 aliphatic rings. The van der Waals surface area contributed by atoms with Crippen molar-refractivity contribution < 1.29 is 14.8 Å². The molecule has 3 aromatic rings. The Hall–Kier alpha value is -3.55. The lowest BCUT2D eigenvalue weighted by Crippen LogP contribution is -2.12. The maximum atomic E-state index is 11.4. The smallest absolute Gasteiger partial charge is 0.340 e. The minimum Gasteiger partial charge on any atom is -0.478 e. The fraction of sp³-hybridized carbons (Fsp3) is 0.118. The summed E-state index contributed by atoms with van der Waals surface area (Å²) >= 11 is 0. The molecule has 0 bridgehead atoms. The molecule has 3 rings (SSSR count). The van der Waals surface area contributed by atoms with Gasteiger partial charge in [-0.15, -0.1) is 0 Å². The van der Waals surface area contributed by atoms with Gasteiger partial charge >= 0.3 is 5.97 Å². The van der Waals surface area contributed by atoms with E-state index in [1.54, 1.807) is 0 Å². The first-order valence-corrected chi connectivity index (χ1v) is 7.58. The van der Waals surface area contributed by atoms with Crippen LogP contribution in [0.5, 0.6) is 0 Å². The molecule has 0 amide bonds. The highest BCUT2D eigenvalue weighted by molar-refractivity contribution is 6.02. The summed E-state index contributed by atoms with van der Waals surface area (Å²) < 4.78 is 0. The van der Waals surface area contributed by atoms with Gasteiger partial charge in [0.15, 0.2) is 0 Å². The zero-order valence-electron chi connectivity index (χ0n) is 13.2. The number of anilines is 2. The molecule has 2 aromatic carbocycles. The average Bonchev–Trinajstić information content (AvgIpc) is 2.97. The number of hydrogen-bond donors (Lipinski definition) is 4. The Balaban J connectivity index is 1.80. The van der Waals surface area contributed by atoms with Crippen LogP contribution >= 0.6 is 0 Å². The van der Waals surface area contributed by atoms with Crippen LogP contribution < -0.4 is 11.1 Å². The zero-order valence-corrected chi connectivity index (χ0v) is 13.2. The highest BCUT2D eigenvalue weighted by Crippen LogP contribution is 2.31. The summed E-state index contributed by atoms with van der Waals surface area (Å²) in [4.78, 5) is 24.8. The van der Waals surface area contributed by atoms with E-state index in [2.05, 4.69) is 10.3 Å². The second-order valence-electron chi connectivity index (χ2n) is 5.52. The number of fused-ring (bicyclic) bond motifs is 1. The molecule has 1 aromatic heterocycles. The topological polar surface area (TPSA) is 134 Å². The van der Waals surface area contributed by atoms with Gasteiger partial charge in [-0.05, 0) is 24.1 Å². The van der Waals surface area contributed by atoms with Gasteiger partial charge in [0.05, 0.1) is 10.6 Å². The molecule has 0 radical (unpaired) electrons. The van der Waals surface area contributed by atoms with Crippen LogP contribution in [-0.2, 0) is 6.42 Å². The van der Waals surface area contributed by atoms with Crippen molar-refractivity contribution in [2.45, 2.75) is 6.42 Å². The minimum atomic E-state index is -1.31. The van der Waals surface area contributed by atoms with Crippen molar-refractivity contribution in [3.63, 3.8) is 0 Å². The Labute approximate surface area is 142 Å². The lowest BCUT2D eigenvalue weighted by atomic mass is 10.1. The van der Waals surface area contributed by atoms with Gasteiger partial charge in [-0.1, -0.05) is 18.2 Å². The lowest BCUT2D eigenvalue weighted by Gasteiger charge is -2.11. The number of nitro groups is 1. The van der Waals surface area contributed by atoms with Crippen molar-refractivity contribution in [3.8, 4) is 0 Å². The van der Waals surface area contributed by atoms with Crippen LogP contribution in [0.25, 0.3) is 10.9 Å². The summed E-state index contributed by atoms with van der Waals surface area (Å²) in [6.45, 7) is 0.458. The Morgan fingerprint density at radius 1 is 1.28 bits per heavy atom. The second kappa shape index (κ2) is 6.52.